The molecule has 17 heavy (non-hydrogen) atoms. The predicted octanol–water partition coefficient (Wildman–Crippen LogP) is 2.60. The summed E-state index contributed by atoms with van der Waals surface area (Å²) in [6, 6.07) is 7.01. The summed E-state index contributed by atoms with van der Waals surface area (Å²) in [6.45, 7) is 0.319. The van der Waals surface area contributed by atoms with Gasteiger partial charge in [0.05, 0.1) is 6.54 Å². The van der Waals surface area contributed by atoms with E-state index in [2.05, 4.69) is 0 Å². The second-order valence-electron chi connectivity index (χ2n) is 4.51. The van der Waals surface area contributed by atoms with E-state index in [0.29, 0.717) is 23.4 Å². The summed E-state index contributed by atoms with van der Waals surface area (Å²) in [6.07, 6.45) is 1.93. The van der Waals surface area contributed by atoms with Crippen LogP contribution in [0.4, 0.5) is 4.79 Å². The summed E-state index contributed by atoms with van der Waals surface area (Å²) in [4.78, 5) is 10.6. The smallest absolute Gasteiger partial charge is 0.338 e. The van der Waals surface area contributed by atoms with Gasteiger partial charge in [-0.25, -0.2) is 9.86 Å². The third kappa shape index (κ3) is 2.90. The number of nitrogens with two attached hydrogens (primary N) is 1. The van der Waals surface area contributed by atoms with Crippen molar-refractivity contribution in [1.82, 2.24) is 5.06 Å². The van der Waals surface area contributed by atoms with Crippen LogP contribution in [0.15, 0.2) is 24.3 Å². The average molecular weight is 255 g/mol. The Kier molecular flexibility index (Phi) is 3.54. The summed E-state index contributed by atoms with van der Waals surface area (Å²) in [5.74, 6) is 0.826. The molecular weight excluding hydrogens is 240 g/mol. The maximum atomic E-state index is 10.6. The lowest BCUT2D eigenvalue weighted by Gasteiger charge is -2.36. The molecule has 0 aliphatic heterocycles. The summed E-state index contributed by atoms with van der Waals surface area (Å²) in [5, 5.41) is 10.5. The second kappa shape index (κ2) is 4.94. The quantitative estimate of drug-likeness (QED) is 0.643. The Morgan fingerprint density at radius 2 is 2.00 bits per heavy atom. The van der Waals surface area contributed by atoms with Crippen LogP contribution in [0.25, 0.3) is 0 Å². The van der Waals surface area contributed by atoms with Gasteiger partial charge in [-0.2, -0.15) is 0 Å². The number of urea groups is 1. The van der Waals surface area contributed by atoms with Gasteiger partial charge in [0.1, 0.15) is 0 Å². The number of hydrogen-bond donors (Lipinski definition) is 2. The van der Waals surface area contributed by atoms with E-state index in [-0.39, 0.29) is 0 Å². The van der Waals surface area contributed by atoms with Crippen molar-refractivity contribution in [3.8, 4) is 0 Å². The van der Waals surface area contributed by atoms with E-state index in [1.165, 1.54) is 5.56 Å². The van der Waals surface area contributed by atoms with Crippen molar-refractivity contribution in [3.05, 3.63) is 34.9 Å². The number of nitrogens with zero attached hydrogens (tertiary/aromatic N) is 1. The first-order chi connectivity index (χ1) is 8.06. The molecular formula is C12H15ClN2O2. The van der Waals surface area contributed by atoms with Crippen LogP contribution in [0.5, 0.6) is 0 Å². The van der Waals surface area contributed by atoms with Gasteiger partial charge in [-0.3, -0.25) is 5.21 Å². The van der Waals surface area contributed by atoms with Crippen molar-refractivity contribution < 1.29 is 10.0 Å². The van der Waals surface area contributed by atoms with Crippen molar-refractivity contribution in [2.75, 3.05) is 6.54 Å². The van der Waals surface area contributed by atoms with Crippen LogP contribution in [0.3, 0.4) is 0 Å². The molecule has 0 unspecified atom stereocenters. The largest absolute Gasteiger partial charge is 0.350 e. The molecule has 0 heterocycles. The fourth-order valence-electron chi connectivity index (χ4n) is 2.23. The van der Waals surface area contributed by atoms with E-state index in [9.17, 15) is 10.0 Å². The van der Waals surface area contributed by atoms with Crippen molar-refractivity contribution in [2.24, 2.45) is 11.7 Å². The zero-order valence-electron chi connectivity index (χ0n) is 9.34. The normalized spacial score (nSPS) is 22.9. The standard InChI is InChI=1S/C12H15ClN2O2/c13-11-3-1-9(2-4-11)10-5-8(6-10)7-15(17)12(14)16/h1-4,8,10,17H,5-7H2,(H2,14,16)/t8-,10+. The third-order valence-electron chi connectivity index (χ3n) is 3.26. The van der Waals surface area contributed by atoms with Crippen LogP contribution >= 0.6 is 11.6 Å². The number of hydrogen-bond acceptors (Lipinski definition) is 2. The third-order valence-corrected chi connectivity index (χ3v) is 3.51. The van der Waals surface area contributed by atoms with E-state index >= 15 is 0 Å². The van der Waals surface area contributed by atoms with Crippen molar-refractivity contribution >= 4 is 17.6 Å². The Balaban J connectivity index is 1.83. The summed E-state index contributed by atoms with van der Waals surface area (Å²) in [5.41, 5.74) is 6.21. The highest BCUT2D eigenvalue weighted by Gasteiger charge is 2.31. The van der Waals surface area contributed by atoms with Gasteiger partial charge in [0.2, 0.25) is 0 Å². The molecule has 4 nitrogen and oxygen atoms in total. The fourth-order valence-corrected chi connectivity index (χ4v) is 2.35. The molecule has 1 aliphatic rings. The van der Waals surface area contributed by atoms with Crippen LogP contribution in [0.2, 0.25) is 5.02 Å². The maximum Gasteiger partial charge on any atom is 0.338 e. The molecule has 5 heteroatoms. The first-order valence-corrected chi connectivity index (χ1v) is 5.95. The van der Waals surface area contributed by atoms with Gasteiger partial charge in [-0.05, 0) is 42.4 Å². The number of hydroxylamine groups is 2. The SMILES string of the molecule is NC(=O)N(O)C[C@H]1C[C@@H](c2ccc(Cl)cc2)C1. The number of carbonyl (C=O) groups is 1. The van der Waals surface area contributed by atoms with Gasteiger partial charge < -0.3 is 5.73 Å². The molecule has 1 aromatic rings. The molecule has 1 aliphatic carbocycles. The number of benzene rings is 1. The molecule has 0 spiro atoms. The molecule has 0 atom stereocenters. The van der Waals surface area contributed by atoms with Crippen LogP contribution in [-0.2, 0) is 0 Å². The van der Waals surface area contributed by atoms with Crippen LogP contribution in [-0.4, -0.2) is 22.8 Å². The van der Waals surface area contributed by atoms with Crippen LogP contribution in [0, 0.1) is 5.92 Å². The topological polar surface area (TPSA) is 66.6 Å². The Bertz CT molecular complexity index is 401. The van der Waals surface area contributed by atoms with E-state index in [0.717, 1.165) is 17.9 Å². The monoisotopic (exact) mass is 254 g/mol. The fraction of sp³-hybridized carbons (Fsp3) is 0.417. The number of carbonyl (C=O) groups excluding carboxylic acids is 1. The first-order valence-electron chi connectivity index (χ1n) is 5.57. The van der Waals surface area contributed by atoms with Gasteiger partial charge in [0, 0.05) is 5.02 Å². The Hall–Kier alpha value is -1.26. The highest BCUT2D eigenvalue weighted by atomic mass is 35.5. The lowest BCUT2D eigenvalue weighted by Crippen LogP contribution is -2.39. The molecule has 0 bridgehead atoms. The van der Waals surface area contributed by atoms with E-state index in [1.54, 1.807) is 0 Å². The number of rotatable bonds is 3. The second-order valence-corrected chi connectivity index (χ2v) is 4.94. The Morgan fingerprint density at radius 3 is 2.53 bits per heavy atom. The van der Waals surface area contributed by atoms with Crippen molar-refractivity contribution in [3.63, 3.8) is 0 Å². The van der Waals surface area contributed by atoms with E-state index in [4.69, 9.17) is 17.3 Å². The predicted molar refractivity (Wildman–Crippen MR) is 65.0 cm³/mol. The lowest BCUT2D eigenvalue weighted by molar-refractivity contribution is -0.0604. The molecule has 1 saturated carbocycles. The molecule has 92 valence electrons. The molecule has 1 aromatic carbocycles. The van der Waals surface area contributed by atoms with Crippen molar-refractivity contribution in [1.29, 1.82) is 0 Å². The number of amides is 2. The minimum atomic E-state index is -0.792. The summed E-state index contributed by atoms with van der Waals surface area (Å²) in [7, 11) is 0. The average Bonchev–Trinajstić information content (AvgIpc) is 2.24. The minimum Gasteiger partial charge on any atom is -0.350 e. The molecule has 3 N–H and O–H groups in total. The summed E-state index contributed by atoms with van der Waals surface area (Å²) < 4.78 is 0. The van der Waals surface area contributed by atoms with Gasteiger partial charge in [0.15, 0.2) is 0 Å². The number of halogens is 1. The zero-order chi connectivity index (χ0) is 12.4. The molecule has 1 fully saturated rings. The summed E-state index contributed by atoms with van der Waals surface area (Å²) >= 11 is 5.82. The van der Waals surface area contributed by atoms with E-state index in [1.807, 2.05) is 24.3 Å². The zero-order valence-corrected chi connectivity index (χ0v) is 10.1. The van der Waals surface area contributed by atoms with Crippen LogP contribution < -0.4 is 5.73 Å². The maximum absolute atomic E-state index is 10.6. The molecule has 2 amide bonds. The van der Waals surface area contributed by atoms with Gasteiger partial charge in [0.25, 0.3) is 0 Å². The van der Waals surface area contributed by atoms with Crippen molar-refractivity contribution in [2.45, 2.75) is 18.8 Å². The Labute approximate surface area is 105 Å². The molecule has 2 rings (SSSR count). The highest BCUT2D eigenvalue weighted by molar-refractivity contribution is 6.30. The van der Waals surface area contributed by atoms with Crippen LogP contribution in [0.1, 0.15) is 24.3 Å². The number of primary amides is 1. The van der Waals surface area contributed by atoms with Gasteiger partial charge in [-0.1, -0.05) is 23.7 Å². The van der Waals surface area contributed by atoms with Gasteiger partial charge in [-0.15, -0.1) is 0 Å². The first kappa shape index (κ1) is 12.2. The highest BCUT2D eigenvalue weighted by Crippen LogP contribution is 2.41. The van der Waals surface area contributed by atoms with Gasteiger partial charge >= 0.3 is 6.03 Å². The molecule has 0 radical (unpaired) electrons. The molecule has 0 aromatic heterocycles. The Morgan fingerprint density at radius 1 is 1.41 bits per heavy atom. The molecule has 0 saturated heterocycles. The lowest BCUT2D eigenvalue weighted by atomic mass is 9.71. The van der Waals surface area contributed by atoms with E-state index < -0.39 is 6.03 Å². The minimum absolute atomic E-state index is 0.319.